The third-order valence-electron chi connectivity index (χ3n) is 6.48. The Labute approximate surface area is 219 Å². The Kier molecular flexibility index (Phi) is 8.02. The molecule has 1 aliphatic carbocycles. The van der Waals surface area contributed by atoms with E-state index in [-0.39, 0.29) is 34.8 Å². The molecule has 0 saturated heterocycles. The Balaban J connectivity index is 1.79. The minimum absolute atomic E-state index is 0.0567. The van der Waals surface area contributed by atoms with Crippen LogP contribution < -0.4 is 21.7 Å². The summed E-state index contributed by atoms with van der Waals surface area (Å²) in [6.45, 7) is 0.0914. The van der Waals surface area contributed by atoms with Gasteiger partial charge in [0.2, 0.25) is 5.91 Å². The van der Waals surface area contributed by atoms with Crippen molar-refractivity contribution in [1.29, 1.82) is 0 Å². The summed E-state index contributed by atoms with van der Waals surface area (Å²) in [4.78, 5) is 47.2. The van der Waals surface area contributed by atoms with Gasteiger partial charge in [-0.15, -0.1) is 0 Å². The highest BCUT2D eigenvalue weighted by Gasteiger charge is 2.36. The van der Waals surface area contributed by atoms with E-state index in [0.29, 0.717) is 5.56 Å². The molecule has 4 rings (SSSR count). The van der Waals surface area contributed by atoms with Gasteiger partial charge >= 0.3 is 0 Å². The minimum atomic E-state index is -0.956. The van der Waals surface area contributed by atoms with E-state index in [1.54, 1.807) is 18.5 Å². The molecule has 1 atom stereocenters. The summed E-state index contributed by atoms with van der Waals surface area (Å²) < 4.78 is 3.99. The summed E-state index contributed by atoms with van der Waals surface area (Å²) in [5.74, 6) is -1.61. The number of carbonyl (C=O) groups excluding carboxylic acids is 3. The predicted molar refractivity (Wildman–Crippen MR) is 143 cm³/mol. The van der Waals surface area contributed by atoms with Crippen molar-refractivity contribution in [3.8, 4) is 0 Å². The molecule has 3 aromatic rings. The molecule has 0 radical (unpaired) electrons. The van der Waals surface area contributed by atoms with E-state index in [1.165, 1.54) is 4.90 Å². The van der Waals surface area contributed by atoms with E-state index < -0.39 is 17.9 Å². The lowest BCUT2D eigenvalue weighted by Gasteiger charge is -2.32. The summed E-state index contributed by atoms with van der Waals surface area (Å²) in [6, 6.07) is 10.2. The zero-order valence-electron chi connectivity index (χ0n) is 20.9. The monoisotopic (exact) mass is 521 g/mol. The van der Waals surface area contributed by atoms with Crippen LogP contribution in [0, 0.1) is 0 Å². The largest absolute Gasteiger partial charge is 0.395 e. The maximum absolute atomic E-state index is 14.0. The first-order chi connectivity index (χ1) is 17.8. The molecule has 2 heterocycles. The third kappa shape index (κ3) is 5.88. The van der Waals surface area contributed by atoms with Crippen LogP contribution in [0.15, 0.2) is 48.8 Å². The first kappa shape index (κ1) is 26.1. The number of hydrogen-bond acceptors (Lipinski definition) is 8. The van der Waals surface area contributed by atoms with Crippen molar-refractivity contribution >= 4 is 40.6 Å². The molecule has 194 valence electrons. The molecule has 3 amide bonds. The highest BCUT2D eigenvalue weighted by molar-refractivity contribution is 7.09. The van der Waals surface area contributed by atoms with Gasteiger partial charge in [-0.05, 0) is 53.7 Å². The molecule has 1 aromatic carbocycles. The fourth-order valence-electron chi connectivity index (χ4n) is 4.51. The lowest BCUT2D eigenvalue weighted by Crippen LogP contribution is -2.45. The van der Waals surface area contributed by atoms with Crippen molar-refractivity contribution in [2.24, 2.45) is 5.73 Å². The number of anilines is 2. The van der Waals surface area contributed by atoms with Crippen molar-refractivity contribution < 1.29 is 14.4 Å². The Morgan fingerprint density at radius 2 is 1.84 bits per heavy atom. The molecular formula is C26H31N7O3S. The maximum atomic E-state index is 14.0. The second-order valence-electron chi connectivity index (χ2n) is 9.31. The van der Waals surface area contributed by atoms with Gasteiger partial charge in [-0.1, -0.05) is 31.0 Å². The van der Waals surface area contributed by atoms with E-state index in [1.807, 2.05) is 49.3 Å². The molecule has 10 nitrogen and oxygen atoms in total. The first-order valence-corrected chi connectivity index (χ1v) is 12.9. The van der Waals surface area contributed by atoms with Gasteiger partial charge in [0.15, 0.2) is 5.69 Å². The first-order valence-electron chi connectivity index (χ1n) is 12.1. The summed E-state index contributed by atoms with van der Waals surface area (Å²) in [5, 5.41) is 3.15. The quantitative estimate of drug-likeness (QED) is 0.392. The number of nitrogens with zero attached hydrogens (tertiary/aromatic N) is 4. The van der Waals surface area contributed by atoms with Gasteiger partial charge in [0.05, 0.1) is 5.69 Å². The molecule has 1 saturated carbocycles. The van der Waals surface area contributed by atoms with Crippen molar-refractivity contribution in [3.63, 3.8) is 0 Å². The van der Waals surface area contributed by atoms with Crippen LogP contribution in [0.3, 0.4) is 0 Å². The number of primary amides is 1. The molecule has 1 fully saturated rings. The number of nitrogens with one attached hydrogen (secondary N) is 1. The number of pyridine rings is 1. The Morgan fingerprint density at radius 3 is 2.41 bits per heavy atom. The topological polar surface area (TPSA) is 148 Å². The fraction of sp³-hybridized carbons (Fsp3) is 0.346. The minimum Gasteiger partial charge on any atom is -0.395 e. The van der Waals surface area contributed by atoms with Gasteiger partial charge in [-0.25, -0.2) is 0 Å². The van der Waals surface area contributed by atoms with Crippen LogP contribution in [0.2, 0.25) is 0 Å². The smallest absolute Gasteiger partial charge is 0.270 e. The van der Waals surface area contributed by atoms with Crippen molar-refractivity contribution in [2.75, 3.05) is 24.7 Å². The van der Waals surface area contributed by atoms with Crippen LogP contribution in [0.5, 0.6) is 0 Å². The van der Waals surface area contributed by atoms with E-state index in [9.17, 15) is 14.4 Å². The number of nitrogens with two attached hydrogens (primary N) is 2. The molecule has 0 bridgehead atoms. The second kappa shape index (κ2) is 11.4. The van der Waals surface area contributed by atoms with Crippen LogP contribution in [0.1, 0.15) is 63.0 Å². The molecule has 0 spiro atoms. The zero-order chi connectivity index (χ0) is 26.5. The molecule has 1 aliphatic rings. The van der Waals surface area contributed by atoms with E-state index in [4.69, 9.17) is 11.5 Å². The molecule has 0 unspecified atom stereocenters. The van der Waals surface area contributed by atoms with E-state index >= 15 is 0 Å². The summed E-state index contributed by atoms with van der Waals surface area (Å²) in [7, 11) is 3.86. The van der Waals surface area contributed by atoms with Gasteiger partial charge in [0.25, 0.3) is 11.8 Å². The molecule has 0 aliphatic heterocycles. The number of nitrogen functional groups attached to an aromatic ring is 1. The van der Waals surface area contributed by atoms with Crippen LogP contribution in [-0.4, -0.2) is 52.1 Å². The van der Waals surface area contributed by atoms with Gasteiger partial charge < -0.3 is 26.6 Å². The van der Waals surface area contributed by atoms with E-state index in [2.05, 4.69) is 14.7 Å². The van der Waals surface area contributed by atoms with Gasteiger partial charge in [-0.2, -0.15) is 4.37 Å². The number of amides is 3. The summed E-state index contributed by atoms with van der Waals surface area (Å²) in [6.07, 6.45) is 7.20. The Bertz CT molecular complexity index is 1250. The number of rotatable bonds is 9. The van der Waals surface area contributed by atoms with Crippen LogP contribution in [0.4, 0.5) is 11.4 Å². The average molecular weight is 522 g/mol. The standard InChI is InChI=1S/C26H31N7O3S/c1-32(2)19-11-9-17(10-12-19)22(25(35)30-18-7-3-4-8-18)33(15-16-6-5-13-29-14-16)26(36)23-20(27)21(24(28)34)31-37-23/h5-6,9-14,18,22H,3-4,7-8,15,27H2,1-2H3,(H2,28,34)(H,30,35)/t22-/m0/s1. The van der Waals surface area contributed by atoms with Crippen molar-refractivity contribution in [2.45, 2.75) is 44.3 Å². The normalized spacial score (nSPS) is 14.2. The summed E-state index contributed by atoms with van der Waals surface area (Å²) in [5.41, 5.74) is 13.6. The highest BCUT2D eigenvalue weighted by atomic mass is 32.1. The number of benzene rings is 1. The highest BCUT2D eigenvalue weighted by Crippen LogP contribution is 2.31. The van der Waals surface area contributed by atoms with Gasteiger partial charge in [0, 0.05) is 44.8 Å². The fourth-order valence-corrected chi connectivity index (χ4v) is 5.27. The average Bonchev–Trinajstić information content (AvgIpc) is 3.53. The molecule has 37 heavy (non-hydrogen) atoms. The molecule has 11 heteroatoms. The number of aromatic nitrogens is 2. The van der Waals surface area contributed by atoms with Crippen LogP contribution >= 0.6 is 11.5 Å². The Hall–Kier alpha value is -3.99. The molecule has 2 aromatic heterocycles. The number of carbonyl (C=O) groups is 3. The second-order valence-corrected chi connectivity index (χ2v) is 10.1. The maximum Gasteiger partial charge on any atom is 0.270 e. The zero-order valence-corrected chi connectivity index (χ0v) is 21.7. The van der Waals surface area contributed by atoms with Crippen LogP contribution in [-0.2, 0) is 11.3 Å². The van der Waals surface area contributed by atoms with Crippen molar-refractivity contribution in [1.82, 2.24) is 19.6 Å². The number of hydrogen-bond donors (Lipinski definition) is 3. The van der Waals surface area contributed by atoms with Crippen molar-refractivity contribution in [3.05, 3.63) is 70.5 Å². The van der Waals surface area contributed by atoms with Gasteiger partial charge in [-0.3, -0.25) is 19.4 Å². The third-order valence-corrected chi connectivity index (χ3v) is 7.33. The van der Waals surface area contributed by atoms with Gasteiger partial charge in [0.1, 0.15) is 10.9 Å². The summed E-state index contributed by atoms with van der Waals surface area (Å²) >= 11 is 0.794. The lowest BCUT2D eigenvalue weighted by atomic mass is 10.0. The molecule has 5 N–H and O–H groups in total. The lowest BCUT2D eigenvalue weighted by molar-refractivity contribution is -0.126. The molecular weight excluding hydrogens is 490 g/mol. The van der Waals surface area contributed by atoms with E-state index in [0.717, 1.165) is 48.5 Å². The predicted octanol–water partition coefficient (Wildman–Crippen LogP) is 2.73. The SMILES string of the molecule is CN(C)c1ccc([C@@H](C(=O)NC2CCCC2)N(Cc2cccnc2)C(=O)c2snc(C(N)=O)c2N)cc1. The Morgan fingerprint density at radius 1 is 1.14 bits per heavy atom. The van der Waals surface area contributed by atoms with Crippen LogP contribution in [0.25, 0.3) is 0 Å².